The molecule has 2 aromatic carbocycles. The molecule has 0 atom stereocenters. The van der Waals surface area contributed by atoms with Crippen LogP contribution in [0.3, 0.4) is 0 Å². The van der Waals surface area contributed by atoms with E-state index in [4.69, 9.17) is 18.9 Å². The highest BCUT2D eigenvalue weighted by molar-refractivity contribution is 5.95. The van der Waals surface area contributed by atoms with Crippen LogP contribution in [0, 0.1) is 0 Å². The number of benzene rings is 2. The third kappa shape index (κ3) is 7.20. The highest BCUT2D eigenvalue weighted by Gasteiger charge is 2.23. The van der Waals surface area contributed by atoms with Crippen molar-refractivity contribution in [1.82, 2.24) is 9.80 Å². The summed E-state index contributed by atoms with van der Waals surface area (Å²) in [5, 5.41) is 0. The summed E-state index contributed by atoms with van der Waals surface area (Å²) in [6, 6.07) is 14.3. The molecule has 0 N–H and O–H groups in total. The molecule has 1 fully saturated rings. The van der Waals surface area contributed by atoms with Crippen LogP contribution in [-0.2, 0) is 9.47 Å². The fourth-order valence-corrected chi connectivity index (χ4v) is 3.56. The largest absolute Gasteiger partial charge is 0.491 e. The predicted octanol–water partition coefficient (Wildman–Crippen LogP) is 2.73. The van der Waals surface area contributed by atoms with Gasteiger partial charge in [-0.15, -0.1) is 0 Å². The van der Waals surface area contributed by atoms with E-state index in [1.807, 2.05) is 0 Å². The molecule has 1 aliphatic rings. The predicted molar refractivity (Wildman–Crippen MR) is 124 cm³/mol. The maximum atomic E-state index is 13.0. The van der Waals surface area contributed by atoms with E-state index in [2.05, 4.69) is 0 Å². The Kier molecular flexibility index (Phi) is 9.53. The van der Waals surface area contributed by atoms with E-state index in [1.165, 1.54) is 0 Å². The van der Waals surface area contributed by atoms with Gasteiger partial charge in [-0.25, -0.2) is 0 Å². The van der Waals surface area contributed by atoms with Crippen LogP contribution >= 0.6 is 0 Å². The van der Waals surface area contributed by atoms with Crippen molar-refractivity contribution in [3.05, 3.63) is 59.7 Å². The minimum Gasteiger partial charge on any atom is -0.491 e. The first-order valence-electron chi connectivity index (χ1n) is 11.1. The average Bonchev–Trinajstić information content (AvgIpc) is 3.11. The second-order valence-corrected chi connectivity index (χ2v) is 7.67. The van der Waals surface area contributed by atoms with Gasteiger partial charge >= 0.3 is 0 Å². The standard InChI is InChI=1S/C25H32N2O6/c1-30-16-18-32-22-8-4-20(5-9-22)24(28)26-12-3-13-27(15-14-26)25(29)21-6-10-23(11-7-21)33-19-17-31-2/h4-11H,3,12-19H2,1-2H3. The highest BCUT2D eigenvalue weighted by atomic mass is 16.5. The molecule has 0 spiro atoms. The summed E-state index contributed by atoms with van der Waals surface area (Å²) in [4.78, 5) is 29.5. The zero-order valence-corrected chi connectivity index (χ0v) is 19.3. The maximum absolute atomic E-state index is 13.0. The Hall–Kier alpha value is -3.10. The minimum atomic E-state index is -0.0368. The van der Waals surface area contributed by atoms with Crippen LogP contribution in [0.4, 0.5) is 0 Å². The number of carbonyl (C=O) groups is 2. The van der Waals surface area contributed by atoms with Crippen LogP contribution in [0.5, 0.6) is 11.5 Å². The zero-order chi connectivity index (χ0) is 23.5. The molecule has 1 aliphatic heterocycles. The Morgan fingerprint density at radius 2 is 1.03 bits per heavy atom. The summed E-state index contributed by atoms with van der Waals surface area (Å²) in [5.74, 6) is 1.33. The first-order valence-corrected chi connectivity index (χ1v) is 11.1. The van der Waals surface area contributed by atoms with E-state index in [9.17, 15) is 9.59 Å². The molecule has 3 rings (SSSR count). The number of hydrogen-bond acceptors (Lipinski definition) is 6. The Balaban J connectivity index is 1.53. The molecule has 178 valence electrons. The molecule has 2 aromatic rings. The summed E-state index contributed by atoms with van der Waals surface area (Å²) in [6.45, 7) is 4.16. The first kappa shape index (κ1) is 24.5. The van der Waals surface area contributed by atoms with Crippen molar-refractivity contribution in [2.75, 3.05) is 66.8 Å². The zero-order valence-electron chi connectivity index (χ0n) is 19.3. The van der Waals surface area contributed by atoms with Gasteiger partial charge in [-0.3, -0.25) is 9.59 Å². The number of rotatable bonds is 10. The molecule has 33 heavy (non-hydrogen) atoms. The number of ether oxygens (including phenoxy) is 4. The molecule has 2 amide bonds. The van der Waals surface area contributed by atoms with E-state index in [-0.39, 0.29) is 11.8 Å². The monoisotopic (exact) mass is 456 g/mol. The van der Waals surface area contributed by atoms with Gasteiger partial charge in [0.05, 0.1) is 13.2 Å². The van der Waals surface area contributed by atoms with Gasteiger partial charge in [0.1, 0.15) is 24.7 Å². The van der Waals surface area contributed by atoms with E-state index >= 15 is 0 Å². The normalized spacial score (nSPS) is 14.0. The highest BCUT2D eigenvalue weighted by Crippen LogP contribution is 2.17. The van der Waals surface area contributed by atoms with Crippen LogP contribution in [-0.4, -0.2) is 88.4 Å². The van der Waals surface area contributed by atoms with Crippen molar-refractivity contribution in [2.24, 2.45) is 0 Å². The molecule has 0 aliphatic carbocycles. The Labute approximate surface area is 195 Å². The fourth-order valence-electron chi connectivity index (χ4n) is 3.56. The van der Waals surface area contributed by atoms with Crippen molar-refractivity contribution in [3.63, 3.8) is 0 Å². The quantitative estimate of drug-likeness (QED) is 0.512. The van der Waals surface area contributed by atoms with Gasteiger partial charge in [0, 0.05) is 51.5 Å². The van der Waals surface area contributed by atoms with Crippen molar-refractivity contribution >= 4 is 11.8 Å². The van der Waals surface area contributed by atoms with Crippen molar-refractivity contribution in [3.8, 4) is 11.5 Å². The minimum absolute atomic E-state index is 0.0368. The second kappa shape index (κ2) is 12.8. The lowest BCUT2D eigenvalue weighted by molar-refractivity contribution is 0.0718. The molecule has 0 radical (unpaired) electrons. The second-order valence-electron chi connectivity index (χ2n) is 7.67. The van der Waals surface area contributed by atoms with Gasteiger partial charge < -0.3 is 28.7 Å². The Bertz CT molecular complexity index is 811. The number of methoxy groups -OCH3 is 2. The summed E-state index contributed by atoms with van der Waals surface area (Å²) in [5.41, 5.74) is 1.22. The third-order valence-electron chi connectivity index (χ3n) is 5.39. The number of nitrogens with zero attached hydrogens (tertiary/aromatic N) is 2. The van der Waals surface area contributed by atoms with Gasteiger partial charge in [0.25, 0.3) is 11.8 Å². The van der Waals surface area contributed by atoms with Gasteiger partial charge in [0.2, 0.25) is 0 Å². The Morgan fingerprint density at radius 3 is 1.39 bits per heavy atom. The van der Waals surface area contributed by atoms with Crippen molar-refractivity contribution in [1.29, 1.82) is 0 Å². The number of amides is 2. The molecule has 0 saturated carbocycles. The first-order chi connectivity index (χ1) is 16.1. The molecule has 1 heterocycles. The molecule has 1 saturated heterocycles. The summed E-state index contributed by atoms with van der Waals surface area (Å²) < 4.78 is 21.0. The van der Waals surface area contributed by atoms with Crippen LogP contribution in [0.15, 0.2) is 48.5 Å². The molecule has 0 bridgehead atoms. The van der Waals surface area contributed by atoms with E-state index < -0.39 is 0 Å². The van der Waals surface area contributed by atoms with Gasteiger partial charge in [-0.2, -0.15) is 0 Å². The van der Waals surface area contributed by atoms with Crippen LogP contribution < -0.4 is 9.47 Å². The number of hydrogen-bond donors (Lipinski definition) is 0. The maximum Gasteiger partial charge on any atom is 0.253 e. The van der Waals surface area contributed by atoms with E-state index in [0.29, 0.717) is 75.2 Å². The lowest BCUT2D eigenvalue weighted by Gasteiger charge is -2.22. The van der Waals surface area contributed by atoms with Crippen molar-refractivity contribution in [2.45, 2.75) is 6.42 Å². The summed E-state index contributed by atoms with van der Waals surface area (Å²) in [7, 11) is 3.24. The lowest BCUT2D eigenvalue weighted by atomic mass is 10.2. The lowest BCUT2D eigenvalue weighted by Crippen LogP contribution is -2.37. The van der Waals surface area contributed by atoms with Crippen molar-refractivity contribution < 1.29 is 28.5 Å². The fraction of sp³-hybridized carbons (Fsp3) is 0.440. The molecule has 0 unspecified atom stereocenters. The van der Waals surface area contributed by atoms with Gasteiger partial charge in [-0.05, 0) is 55.0 Å². The average molecular weight is 457 g/mol. The SMILES string of the molecule is COCCOc1ccc(C(=O)N2CCCN(C(=O)c3ccc(OCCOC)cc3)CC2)cc1. The summed E-state index contributed by atoms with van der Waals surface area (Å²) in [6.07, 6.45) is 0.730. The Morgan fingerprint density at radius 1 is 0.636 bits per heavy atom. The molecule has 0 aromatic heterocycles. The van der Waals surface area contributed by atoms with Gasteiger partial charge in [-0.1, -0.05) is 0 Å². The van der Waals surface area contributed by atoms with Gasteiger partial charge in [0.15, 0.2) is 0 Å². The van der Waals surface area contributed by atoms with E-state index in [0.717, 1.165) is 6.42 Å². The topological polar surface area (TPSA) is 77.5 Å². The van der Waals surface area contributed by atoms with E-state index in [1.54, 1.807) is 72.6 Å². The third-order valence-corrected chi connectivity index (χ3v) is 5.39. The molecular formula is C25H32N2O6. The molecule has 8 nitrogen and oxygen atoms in total. The van der Waals surface area contributed by atoms with Crippen LogP contribution in [0.2, 0.25) is 0 Å². The number of carbonyl (C=O) groups excluding carboxylic acids is 2. The summed E-state index contributed by atoms with van der Waals surface area (Å²) >= 11 is 0. The van der Waals surface area contributed by atoms with Crippen LogP contribution in [0.1, 0.15) is 27.1 Å². The van der Waals surface area contributed by atoms with Crippen LogP contribution in [0.25, 0.3) is 0 Å². The smallest absolute Gasteiger partial charge is 0.253 e. The molecular weight excluding hydrogens is 424 g/mol. The molecule has 8 heteroatoms.